The molecular weight excluding hydrogens is 364 g/mol. The number of benzene rings is 2. The second-order valence-corrected chi connectivity index (χ2v) is 7.40. The number of amides is 2. The monoisotopic (exact) mass is 398 g/mol. The molecule has 0 aliphatic carbocycles. The third-order valence-electron chi connectivity index (χ3n) is 4.68. The Morgan fingerprint density at radius 1 is 0.931 bits per heavy atom. The Morgan fingerprint density at radius 2 is 1.55 bits per heavy atom. The molecule has 29 heavy (non-hydrogen) atoms. The van der Waals surface area contributed by atoms with Gasteiger partial charge in [0.15, 0.2) is 0 Å². The molecule has 1 unspecified atom stereocenters. The van der Waals surface area contributed by atoms with E-state index in [0.717, 1.165) is 36.5 Å². The van der Waals surface area contributed by atoms with Gasteiger partial charge in [-0.3, -0.25) is 0 Å². The fourth-order valence-corrected chi connectivity index (χ4v) is 2.81. The van der Waals surface area contributed by atoms with Crippen molar-refractivity contribution in [2.45, 2.75) is 52.4 Å². The number of rotatable bonds is 11. The zero-order chi connectivity index (χ0) is 21.1. The first-order valence-electron chi connectivity index (χ1n) is 10.2. The lowest BCUT2D eigenvalue weighted by Gasteiger charge is -2.19. The molecule has 6 heteroatoms. The van der Waals surface area contributed by atoms with Gasteiger partial charge in [0.05, 0.1) is 7.11 Å². The molecule has 0 heterocycles. The molecule has 6 nitrogen and oxygen atoms in total. The summed E-state index contributed by atoms with van der Waals surface area (Å²) >= 11 is 0. The van der Waals surface area contributed by atoms with Crippen LogP contribution in [0.25, 0.3) is 0 Å². The molecular formula is C23H34N4O2. The van der Waals surface area contributed by atoms with E-state index in [2.05, 4.69) is 42.0 Å². The van der Waals surface area contributed by atoms with Gasteiger partial charge in [0.2, 0.25) is 0 Å². The number of hydrogen-bond donors (Lipinski definition) is 4. The Morgan fingerprint density at radius 3 is 2.14 bits per heavy atom. The summed E-state index contributed by atoms with van der Waals surface area (Å²) in [6, 6.07) is 16.3. The second kappa shape index (κ2) is 12.1. The van der Waals surface area contributed by atoms with Gasteiger partial charge in [0, 0.05) is 37.4 Å². The van der Waals surface area contributed by atoms with Crippen LogP contribution in [-0.2, 0) is 13.1 Å². The molecule has 2 aromatic rings. The standard InChI is InChI=1S/C23H34N4O2/c1-5-20(16-24-17(2)3)25-14-18-6-10-21(11-7-18)27-23(28)26-15-19-8-12-22(29-4)13-9-19/h6-13,17,20,24-25H,5,14-16H2,1-4H3,(H2,26,27,28). The normalized spacial score (nSPS) is 11.9. The molecule has 0 aliphatic heterocycles. The molecule has 0 saturated carbocycles. The Kier molecular flexibility index (Phi) is 9.47. The summed E-state index contributed by atoms with van der Waals surface area (Å²) in [5, 5.41) is 12.8. The van der Waals surface area contributed by atoms with Gasteiger partial charge in [-0.2, -0.15) is 0 Å². The van der Waals surface area contributed by atoms with Gasteiger partial charge in [-0.05, 0) is 41.8 Å². The van der Waals surface area contributed by atoms with Crippen LogP contribution in [-0.4, -0.2) is 31.8 Å². The van der Waals surface area contributed by atoms with Gasteiger partial charge < -0.3 is 26.0 Å². The summed E-state index contributed by atoms with van der Waals surface area (Å²) in [4.78, 5) is 12.1. The van der Waals surface area contributed by atoms with Crippen molar-refractivity contribution in [2.24, 2.45) is 0 Å². The van der Waals surface area contributed by atoms with Crippen LogP contribution in [0.3, 0.4) is 0 Å². The molecule has 4 N–H and O–H groups in total. The first-order chi connectivity index (χ1) is 14.0. The molecule has 0 saturated heterocycles. The van der Waals surface area contributed by atoms with Crippen LogP contribution in [0, 0.1) is 0 Å². The molecule has 0 aromatic heterocycles. The van der Waals surface area contributed by atoms with E-state index in [-0.39, 0.29) is 6.03 Å². The number of ether oxygens (including phenoxy) is 1. The molecule has 2 amide bonds. The van der Waals surface area contributed by atoms with Gasteiger partial charge in [-0.1, -0.05) is 45.0 Å². The molecule has 158 valence electrons. The van der Waals surface area contributed by atoms with Gasteiger partial charge in [0.25, 0.3) is 0 Å². The van der Waals surface area contributed by atoms with Crippen LogP contribution < -0.4 is 26.0 Å². The van der Waals surface area contributed by atoms with Gasteiger partial charge >= 0.3 is 6.03 Å². The third kappa shape index (κ3) is 8.54. The quantitative estimate of drug-likeness (QED) is 0.463. The van der Waals surface area contributed by atoms with Crippen LogP contribution in [0.15, 0.2) is 48.5 Å². The molecule has 0 bridgehead atoms. The highest BCUT2D eigenvalue weighted by Crippen LogP contribution is 2.12. The molecule has 1 atom stereocenters. The Hall–Kier alpha value is -2.57. The molecule has 0 spiro atoms. The fourth-order valence-electron chi connectivity index (χ4n) is 2.81. The van der Waals surface area contributed by atoms with Gasteiger partial charge in [-0.25, -0.2) is 4.79 Å². The molecule has 0 fully saturated rings. The number of methoxy groups -OCH3 is 1. The lowest BCUT2D eigenvalue weighted by Crippen LogP contribution is -2.40. The average molecular weight is 399 g/mol. The highest BCUT2D eigenvalue weighted by atomic mass is 16.5. The minimum absolute atomic E-state index is 0.225. The SMILES string of the molecule is CCC(CNC(C)C)NCc1ccc(NC(=O)NCc2ccc(OC)cc2)cc1. The van der Waals surface area contributed by atoms with E-state index in [1.165, 1.54) is 5.56 Å². The highest BCUT2D eigenvalue weighted by molar-refractivity contribution is 5.89. The lowest BCUT2D eigenvalue weighted by atomic mass is 10.1. The van der Waals surface area contributed by atoms with Crippen LogP contribution in [0.4, 0.5) is 10.5 Å². The number of nitrogens with one attached hydrogen (secondary N) is 4. The number of urea groups is 1. The van der Waals surface area contributed by atoms with Crippen LogP contribution in [0.1, 0.15) is 38.3 Å². The van der Waals surface area contributed by atoms with Crippen molar-refractivity contribution in [3.63, 3.8) is 0 Å². The lowest BCUT2D eigenvalue weighted by molar-refractivity contribution is 0.251. The summed E-state index contributed by atoms with van der Waals surface area (Å²) in [7, 11) is 1.63. The van der Waals surface area contributed by atoms with E-state index in [9.17, 15) is 4.79 Å². The van der Waals surface area contributed by atoms with Crippen molar-refractivity contribution in [2.75, 3.05) is 19.0 Å². The van der Waals surface area contributed by atoms with E-state index >= 15 is 0 Å². The maximum Gasteiger partial charge on any atom is 0.319 e. The maximum absolute atomic E-state index is 12.1. The van der Waals surface area contributed by atoms with Gasteiger partial charge in [-0.15, -0.1) is 0 Å². The average Bonchev–Trinajstić information content (AvgIpc) is 2.73. The predicted molar refractivity (Wildman–Crippen MR) is 119 cm³/mol. The van der Waals surface area contributed by atoms with E-state index in [0.29, 0.717) is 18.6 Å². The van der Waals surface area contributed by atoms with Crippen molar-refractivity contribution in [1.82, 2.24) is 16.0 Å². The van der Waals surface area contributed by atoms with E-state index in [1.54, 1.807) is 7.11 Å². The Labute approximate surface area is 174 Å². The largest absolute Gasteiger partial charge is 0.497 e. The fraction of sp³-hybridized carbons (Fsp3) is 0.435. The Bertz CT molecular complexity index is 730. The topological polar surface area (TPSA) is 74.4 Å². The number of carbonyl (C=O) groups excluding carboxylic acids is 1. The molecule has 2 rings (SSSR count). The number of anilines is 1. The zero-order valence-electron chi connectivity index (χ0n) is 17.9. The van der Waals surface area contributed by atoms with E-state index in [1.807, 2.05) is 48.5 Å². The third-order valence-corrected chi connectivity index (χ3v) is 4.68. The van der Waals surface area contributed by atoms with Crippen LogP contribution >= 0.6 is 0 Å². The molecule has 2 aromatic carbocycles. The number of carbonyl (C=O) groups is 1. The highest BCUT2D eigenvalue weighted by Gasteiger charge is 2.07. The zero-order valence-corrected chi connectivity index (χ0v) is 17.9. The summed E-state index contributed by atoms with van der Waals surface area (Å²) in [5.74, 6) is 0.800. The minimum atomic E-state index is -0.225. The van der Waals surface area contributed by atoms with Crippen molar-refractivity contribution < 1.29 is 9.53 Å². The van der Waals surface area contributed by atoms with Crippen molar-refractivity contribution in [1.29, 1.82) is 0 Å². The first-order valence-corrected chi connectivity index (χ1v) is 10.2. The van der Waals surface area contributed by atoms with Crippen LogP contribution in [0.2, 0.25) is 0 Å². The summed E-state index contributed by atoms with van der Waals surface area (Å²) in [6.45, 7) is 8.74. The summed E-state index contributed by atoms with van der Waals surface area (Å²) in [5.41, 5.74) is 2.98. The van der Waals surface area contributed by atoms with Gasteiger partial charge in [0.1, 0.15) is 5.75 Å². The minimum Gasteiger partial charge on any atom is -0.497 e. The Balaban J connectivity index is 1.75. The smallest absolute Gasteiger partial charge is 0.319 e. The summed E-state index contributed by atoms with van der Waals surface area (Å²) < 4.78 is 5.13. The summed E-state index contributed by atoms with van der Waals surface area (Å²) in [6.07, 6.45) is 1.08. The predicted octanol–water partition coefficient (Wildman–Crippen LogP) is 3.88. The first kappa shape index (κ1) is 22.7. The van der Waals surface area contributed by atoms with Crippen molar-refractivity contribution in [3.8, 4) is 5.75 Å². The van der Waals surface area contributed by atoms with Crippen molar-refractivity contribution >= 4 is 11.7 Å². The van der Waals surface area contributed by atoms with E-state index in [4.69, 9.17) is 4.74 Å². The van der Waals surface area contributed by atoms with Crippen molar-refractivity contribution in [3.05, 3.63) is 59.7 Å². The van der Waals surface area contributed by atoms with E-state index < -0.39 is 0 Å². The van der Waals surface area contributed by atoms with Crippen LogP contribution in [0.5, 0.6) is 5.75 Å². The molecule has 0 aliphatic rings. The maximum atomic E-state index is 12.1. The molecule has 0 radical (unpaired) electrons. The second-order valence-electron chi connectivity index (χ2n) is 7.40. The number of hydrogen-bond acceptors (Lipinski definition) is 4.